The van der Waals surface area contributed by atoms with Gasteiger partial charge < -0.3 is 5.32 Å². The lowest BCUT2D eigenvalue weighted by Gasteiger charge is -2.25. The minimum absolute atomic E-state index is 0.342. The molecule has 2 aliphatic rings. The number of aliphatic imine (C=N–C) groups is 2. The highest BCUT2D eigenvalue weighted by Crippen LogP contribution is 2.22. The molecule has 3 rings (SSSR count). The second kappa shape index (κ2) is 6.58. The van der Waals surface area contributed by atoms with Gasteiger partial charge in [0.1, 0.15) is 0 Å². The molecular weight excluding hydrogens is 300 g/mol. The third-order valence-electron chi connectivity index (χ3n) is 3.80. The fraction of sp³-hybridized carbons (Fsp3) is 0.467. The maximum Gasteiger partial charge on any atom is 0.243 e. The highest BCUT2D eigenvalue weighted by Gasteiger charge is 2.25. The van der Waals surface area contributed by atoms with Crippen molar-refractivity contribution in [2.45, 2.75) is 30.6 Å². The summed E-state index contributed by atoms with van der Waals surface area (Å²) in [5.41, 5.74) is 0.787. The first-order valence-corrected chi connectivity index (χ1v) is 9.04. The zero-order chi connectivity index (χ0) is 15.4. The van der Waals surface area contributed by atoms with Gasteiger partial charge in [-0.2, -0.15) is 4.31 Å². The zero-order valence-corrected chi connectivity index (χ0v) is 13.2. The van der Waals surface area contributed by atoms with Crippen LogP contribution in [0.1, 0.15) is 25.7 Å². The van der Waals surface area contributed by atoms with Crippen molar-refractivity contribution in [3.05, 3.63) is 24.3 Å². The molecule has 1 saturated heterocycles. The van der Waals surface area contributed by atoms with E-state index < -0.39 is 10.0 Å². The molecule has 0 spiro atoms. The maximum atomic E-state index is 12.5. The maximum absolute atomic E-state index is 12.5. The predicted octanol–water partition coefficient (Wildman–Crippen LogP) is 2.10. The van der Waals surface area contributed by atoms with Gasteiger partial charge in [0.05, 0.1) is 4.90 Å². The first kappa shape index (κ1) is 15.2. The van der Waals surface area contributed by atoms with Crippen molar-refractivity contribution in [3.8, 4) is 0 Å². The van der Waals surface area contributed by atoms with Gasteiger partial charge in [0.25, 0.3) is 0 Å². The molecule has 1 fully saturated rings. The minimum Gasteiger partial charge on any atom is -0.324 e. The van der Waals surface area contributed by atoms with Crippen LogP contribution in [-0.2, 0) is 10.0 Å². The standard InChI is InChI=1S/C15H20N4O2S/c20-22(21,19-11-2-1-3-12-19)14-7-5-13(6-8-14)18-15-16-9-4-10-17-15/h5-9H,1-4,10-12H2,(H,17,18). The number of hydrogen-bond donors (Lipinski definition) is 1. The van der Waals surface area contributed by atoms with E-state index >= 15 is 0 Å². The van der Waals surface area contributed by atoms with Crippen LogP contribution < -0.4 is 5.32 Å². The Kier molecular flexibility index (Phi) is 4.54. The van der Waals surface area contributed by atoms with E-state index in [-0.39, 0.29) is 0 Å². The summed E-state index contributed by atoms with van der Waals surface area (Å²) in [4.78, 5) is 8.75. The van der Waals surface area contributed by atoms with Gasteiger partial charge in [0, 0.05) is 38.0 Å². The molecule has 0 radical (unpaired) electrons. The Bertz CT molecular complexity index is 674. The van der Waals surface area contributed by atoms with E-state index in [1.54, 1.807) is 28.6 Å². The molecule has 2 aliphatic heterocycles. The van der Waals surface area contributed by atoms with Crippen LogP contribution in [0.4, 0.5) is 5.69 Å². The quantitative estimate of drug-likeness (QED) is 0.927. The summed E-state index contributed by atoms with van der Waals surface area (Å²) < 4.78 is 26.7. The second-order valence-corrected chi connectivity index (χ2v) is 7.36. The third-order valence-corrected chi connectivity index (χ3v) is 5.71. The van der Waals surface area contributed by atoms with Crippen LogP contribution in [0.25, 0.3) is 0 Å². The summed E-state index contributed by atoms with van der Waals surface area (Å²) in [7, 11) is -3.37. The molecule has 1 aromatic carbocycles. The van der Waals surface area contributed by atoms with Crippen LogP contribution in [0.5, 0.6) is 0 Å². The number of sulfonamides is 1. The summed E-state index contributed by atoms with van der Waals surface area (Å²) in [5, 5.41) is 3.08. The lowest BCUT2D eigenvalue weighted by Crippen LogP contribution is -2.35. The fourth-order valence-corrected chi connectivity index (χ4v) is 4.10. The van der Waals surface area contributed by atoms with E-state index in [9.17, 15) is 8.42 Å². The Morgan fingerprint density at radius 1 is 1.05 bits per heavy atom. The number of nitrogens with one attached hydrogen (secondary N) is 1. The van der Waals surface area contributed by atoms with Crippen LogP contribution in [0.15, 0.2) is 39.1 Å². The van der Waals surface area contributed by atoms with Gasteiger partial charge in [-0.3, -0.25) is 4.99 Å². The Balaban J connectivity index is 1.73. The molecule has 118 valence electrons. The Morgan fingerprint density at radius 3 is 2.41 bits per heavy atom. The molecule has 7 heteroatoms. The lowest BCUT2D eigenvalue weighted by atomic mass is 10.2. The molecule has 0 saturated carbocycles. The number of rotatable bonds is 3. The molecule has 6 nitrogen and oxygen atoms in total. The Hall–Kier alpha value is -1.73. The van der Waals surface area contributed by atoms with Crippen molar-refractivity contribution in [1.82, 2.24) is 4.31 Å². The molecule has 1 N–H and O–H groups in total. The van der Waals surface area contributed by atoms with Gasteiger partial charge in [-0.15, -0.1) is 0 Å². The number of guanidine groups is 1. The second-order valence-electron chi connectivity index (χ2n) is 5.42. The van der Waals surface area contributed by atoms with Gasteiger partial charge in [0.2, 0.25) is 16.0 Å². The summed E-state index contributed by atoms with van der Waals surface area (Å²) in [5.74, 6) is 0.567. The van der Waals surface area contributed by atoms with E-state index in [2.05, 4.69) is 15.3 Å². The minimum atomic E-state index is -3.37. The smallest absolute Gasteiger partial charge is 0.243 e. The monoisotopic (exact) mass is 320 g/mol. The molecule has 0 unspecified atom stereocenters. The molecular formula is C15H20N4O2S. The van der Waals surface area contributed by atoms with Crippen LogP contribution in [0, 0.1) is 0 Å². The molecule has 0 amide bonds. The summed E-state index contributed by atoms with van der Waals surface area (Å²) >= 11 is 0. The molecule has 0 aliphatic carbocycles. The number of piperidine rings is 1. The average Bonchev–Trinajstić information content (AvgIpc) is 2.57. The lowest BCUT2D eigenvalue weighted by molar-refractivity contribution is 0.346. The van der Waals surface area contributed by atoms with Gasteiger partial charge in [0.15, 0.2) is 0 Å². The van der Waals surface area contributed by atoms with Crippen LogP contribution >= 0.6 is 0 Å². The van der Waals surface area contributed by atoms with Crippen molar-refractivity contribution in [1.29, 1.82) is 0 Å². The molecule has 22 heavy (non-hydrogen) atoms. The fourth-order valence-electron chi connectivity index (χ4n) is 2.59. The largest absolute Gasteiger partial charge is 0.324 e. The summed E-state index contributed by atoms with van der Waals surface area (Å²) in [6.07, 6.45) is 5.67. The number of hydrogen-bond acceptors (Lipinski definition) is 5. The van der Waals surface area contributed by atoms with Gasteiger partial charge in [-0.05, 0) is 37.1 Å². The molecule has 0 bridgehead atoms. The van der Waals surface area contributed by atoms with Gasteiger partial charge >= 0.3 is 0 Å². The summed E-state index contributed by atoms with van der Waals surface area (Å²) in [6, 6.07) is 6.78. The summed E-state index contributed by atoms with van der Waals surface area (Å²) in [6.45, 7) is 1.97. The van der Waals surface area contributed by atoms with E-state index in [4.69, 9.17) is 0 Å². The van der Waals surface area contributed by atoms with E-state index in [0.717, 1.165) is 37.9 Å². The number of anilines is 1. The number of benzene rings is 1. The SMILES string of the molecule is O=S(=O)(c1ccc(NC2=NCCC=N2)cc1)N1CCCCC1. The Morgan fingerprint density at radius 2 is 1.77 bits per heavy atom. The molecule has 2 heterocycles. The molecule has 0 atom stereocenters. The predicted molar refractivity (Wildman–Crippen MR) is 88.1 cm³/mol. The van der Waals surface area contributed by atoms with Crippen LogP contribution in [0.3, 0.4) is 0 Å². The van der Waals surface area contributed by atoms with Crippen molar-refractivity contribution in [3.63, 3.8) is 0 Å². The third kappa shape index (κ3) is 3.36. The molecule has 1 aromatic rings. The van der Waals surface area contributed by atoms with Crippen molar-refractivity contribution in [2.75, 3.05) is 25.0 Å². The van der Waals surface area contributed by atoms with E-state index in [1.165, 1.54) is 0 Å². The van der Waals surface area contributed by atoms with Crippen molar-refractivity contribution < 1.29 is 8.42 Å². The molecule has 0 aromatic heterocycles. The topological polar surface area (TPSA) is 74.1 Å². The normalized spacial score (nSPS) is 19.7. The first-order valence-electron chi connectivity index (χ1n) is 7.60. The van der Waals surface area contributed by atoms with Gasteiger partial charge in [-0.25, -0.2) is 13.4 Å². The highest BCUT2D eigenvalue weighted by molar-refractivity contribution is 7.89. The number of nitrogens with zero attached hydrogens (tertiary/aromatic N) is 3. The van der Waals surface area contributed by atoms with Gasteiger partial charge in [-0.1, -0.05) is 6.42 Å². The van der Waals surface area contributed by atoms with E-state index in [0.29, 0.717) is 23.9 Å². The van der Waals surface area contributed by atoms with E-state index in [1.807, 2.05) is 6.21 Å². The van der Waals surface area contributed by atoms with Crippen LogP contribution in [-0.4, -0.2) is 44.5 Å². The highest BCUT2D eigenvalue weighted by atomic mass is 32.2. The van der Waals surface area contributed by atoms with Crippen molar-refractivity contribution in [2.24, 2.45) is 9.98 Å². The first-order chi connectivity index (χ1) is 10.7. The Labute approximate surface area is 131 Å². The average molecular weight is 320 g/mol. The van der Waals surface area contributed by atoms with Crippen LogP contribution in [0.2, 0.25) is 0 Å². The zero-order valence-electron chi connectivity index (χ0n) is 12.4. The van der Waals surface area contributed by atoms with Crippen molar-refractivity contribution >= 4 is 27.9 Å².